The molecule has 0 saturated carbocycles. The van der Waals surface area contributed by atoms with Gasteiger partial charge in [0.2, 0.25) is 0 Å². The van der Waals surface area contributed by atoms with Crippen LogP contribution in [0.2, 0.25) is 0 Å². The first-order chi connectivity index (χ1) is 6.84. The standard InChI is InChI=1S/C12H10IN/c13-8-5-6-12-10(7-8)9-3-1-2-4-11(9)14-12/h2,4-7,14H,1,3H2. The van der Waals surface area contributed by atoms with E-state index in [1.54, 1.807) is 0 Å². The summed E-state index contributed by atoms with van der Waals surface area (Å²) in [7, 11) is 0. The molecular weight excluding hydrogens is 285 g/mol. The molecule has 1 aliphatic carbocycles. The number of halogens is 1. The fraction of sp³-hybridized carbons (Fsp3) is 0.167. The van der Waals surface area contributed by atoms with Gasteiger partial charge in [-0.2, -0.15) is 0 Å². The summed E-state index contributed by atoms with van der Waals surface area (Å²) in [5, 5.41) is 1.40. The van der Waals surface area contributed by atoms with Crippen LogP contribution in [0.4, 0.5) is 0 Å². The number of H-pyrrole nitrogens is 1. The molecule has 0 bridgehead atoms. The van der Waals surface area contributed by atoms with Crippen LogP contribution in [0.3, 0.4) is 0 Å². The molecule has 1 N–H and O–H groups in total. The second-order valence-electron chi connectivity index (χ2n) is 3.65. The topological polar surface area (TPSA) is 15.8 Å². The molecule has 70 valence electrons. The number of allylic oxidation sites excluding steroid dienone is 1. The molecule has 0 aliphatic heterocycles. The van der Waals surface area contributed by atoms with Gasteiger partial charge in [0.25, 0.3) is 0 Å². The lowest BCUT2D eigenvalue weighted by atomic mass is 10.0. The molecular formula is C12H10IN. The predicted octanol–water partition coefficient (Wildman–Crippen LogP) is 3.73. The highest BCUT2D eigenvalue weighted by molar-refractivity contribution is 14.1. The van der Waals surface area contributed by atoms with Crippen LogP contribution in [0.5, 0.6) is 0 Å². The van der Waals surface area contributed by atoms with E-state index in [0.717, 1.165) is 0 Å². The highest BCUT2D eigenvalue weighted by Crippen LogP contribution is 2.28. The second-order valence-corrected chi connectivity index (χ2v) is 4.89. The Bertz CT molecular complexity index is 522. The van der Waals surface area contributed by atoms with Gasteiger partial charge in [-0.1, -0.05) is 6.08 Å². The Labute approximate surface area is 96.3 Å². The molecule has 2 heteroatoms. The average molecular weight is 295 g/mol. The van der Waals surface area contributed by atoms with Crippen LogP contribution < -0.4 is 0 Å². The average Bonchev–Trinajstić information content (AvgIpc) is 2.56. The molecule has 0 radical (unpaired) electrons. The molecule has 3 rings (SSSR count). The summed E-state index contributed by atoms with van der Waals surface area (Å²) in [4.78, 5) is 3.45. The molecule has 0 unspecified atom stereocenters. The third-order valence-electron chi connectivity index (χ3n) is 2.75. The minimum absolute atomic E-state index is 1.17. The third-order valence-corrected chi connectivity index (χ3v) is 3.42. The van der Waals surface area contributed by atoms with E-state index in [0.29, 0.717) is 0 Å². The fourth-order valence-corrected chi connectivity index (χ4v) is 2.57. The van der Waals surface area contributed by atoms with Crippen molar-refractivity contribution in [2.75, 3.05) is 0 Å². The highest BCUT2D eigenvalue weighted by atomic mass is 127. The van der Waals surface area contributed by atoms with Gasteiger partial charge in [0, 0.05) is 20.2 Å². The molecule has 0 spiro atoms. The number of rotatable bonds is 0. The summed E-state index contributed by atoms with van der Waals surface area (Å²) in [5.41, 5.74) is 4.05. The van der Waals surface area contributed by atoms with Crippen molar-refractivity contribution in [1.82, 2.24) is 4.98 Å². The molecule has 14 heavy (non-hydrogen) atoms. The van der Waals surface area contributed by atoms with Gasteiger partial charge in [-0.3, -0.25) is 0 Å². The molecule has 0 atom stereocenters. The van der Waals surface area contributed by atoms with Crippen molar-refractivity contribution in [3.8, 4) is 0 Å². The van der Waals surface area contributed by atoms with Gasteiger partial charge in [-0.25, -0.2) is 0 Å². The second kappa shape index (κ2) is 3.12. The monoisotopic (exact) mass is 295 g/mol. The maximum absolute atomic E-state index is 3.45. The van der Waals surface area contributed by atoms with Gasteiger partial charge in [-0.05, 0) is 65.3 Å². The lowest BCUT2D eigenvalue weighted by molar-refractivity contribution is 0.992. The largest absolute Gasteiger partial charge is 0.355 e. The van der Waals surface area contributed by atoms with Crippen molar-refractivity contribution in [3.05, 3.63) is 39.1 Å². The Balaban J connectivity index is 2.39. The summed E-state index contributed by atoms with van der Waals surface area (Å²) >= 11 is 2.37. The lowest BCUT2D eigenvalue weighted by Crippen LogP contribution is -1.90. The Hall–Kier alpha value is -0.770. The zero-order valence-corrected chi connectivity index (χ0v) is 9.84. The highest BCUT2D eigenvalue weighted by Gasteiger charge is 2.11. The van der Waals surface area contributed by atoms with Gasteiger partial charge >= 0.3 is 0 Å². The first-order valence-electron chi connectivity index (χ1n) is 4.81. The minimum atomic E-state index is 1.17. The number of benzene rings is 1. The SMILES string of the molecule is Ic1ccc2[nH]c3c(c2c1)CCC=C3. The van der Waals surface area contributed by atoms with Crippen LogP contribution in [0.1, 0.15) is 17.7 Å². The fourth-order valence-electron chi connectivity index (χ4n) is 2.08. The van der Waals surface area contributed by atoms with Crippen molar-refractivity contribution >= 4 is 39.6 Å². The quantitative estimate of drug-likeness (QED) is 0.713. The Kier molecular flexibility index (Phi) is 1.90. The van der Waals surface area contributed by atoms with Crippen LogP contribution in [-0.2, 0) is 6.42 Å². The number of hydrogen-bond acceptors (Lipinski definition) is 0. The Morgan fingerprint density at radius 3 is 3.14 bits per heavy atom. The van der Waals surface area contributed by atoms with Gasteiger partial charge in [0.05, 0.1) is 0 Å². The molecule has 1 aromatic carbocycles. The number of fused-ring (bicyclic) bond motifs is 3. The summed E-state index contributed by atoms with van der Waals surface area (Å²) in [5.74, 6) is 0. The summed E-state index contributed by atoms with van der Waals surface area (Å²) in [6.45, 7) is 0. The van der Waals surface area contributed by atoms with Crippen molar-refractivity contribution in [3.63, 3.8) is 0 Å². The summed E-state index contributed by atoms with van der Waals surface area (Å²) in [6.07, 6.45) is 6.78. The lowest BCUT2D eigenvalue weighted by Gasteiger charge is -2.04. The van der Waals surface area contributed by atoms with E-state index in [1.807, 2.05) is 0 Å². The summed E-state index contributed by atoms with van der Waals surface area (Å²) < 4.78 is 1.31. The Morgan fingerprint density at radius 2 is 2.21 bits per heavy atom. The van der Waals surface area contributed by atoms with Crippen LogP contribution in [0.25, 0.3) is 17.0 Å². The smallest absolute Gasteiger partial charge is 0.0462 e. The van der Waals surface area contributed by atoms with Gasteiger partial charge in [0.1, 0.15) is 0 Å². The maximum Gasteiger partial charge on any atom is 0.0462 e. The van der Waals surface area contributed by atoms with Crippen LogP contribution in [0, 0.1) is 3.57 Å². The van der Waals surface area contributed by atoms with E-state index < -0.39 is 0 Å². The van der Waals surface area contributed by atoms with E-state index in [1.165, 1.54) is 38.6 Å². The van der Waals surface area contributed by atoms with Crippen LogP contribution in [0.15, 0.2) is 24.3 Å². The summed E-state index contributed by atoms with van der Waals surface area (Å²) in [6, 6.07) is 6.59. The Morgan fingerprint density at radius 1 is 1.29 bits per heavy atom. The molecule has 1 aromatic heterocycles. The molecule has 1 aliphatic rings. The maximum atomic E-state index is 3.45. The first kappa shape index (κ1) is 8.53. The van der Waals surface area contributed by atoms with Crippen LogP contribution >= 0.6 is 22.6 Å². The van der Waals surface area contributed by atoms with E-state index in [-0.39, 0.29) is 0 Å². The predicted molar refractivity (Wildman–Crippen MR) is 68.4 cm³/mol. The van der Waals surface area contributed by atoms with Crippen molar-refractivity contribution in [1.29, 1.82) is 0 Å². The van der Waals surface area contributed by atoms with Gasteiger partial charge < -0.3 is 4.98 Å². The molecule has 0 saturated heterocycles. The van der Waals surface area contributed by atoms with Crippen LogP contribution in [-0.4, -0.2) is 4.98 Å². The number of aromatic nitrogens is 1. The normalized spacial score (nSPS) is 14.6. The van der Waals surface area contributed by atoms with Crippen molar-refractivity contribution < 1.29 is 0 Å². The van der Waals surface area contributed by atoms with E-state index in [2.05, 4.69) is 57.9 Å². The zero-order valence-electron chi connectivity index (χ0n) is 7.68. The zero-order chi connectivity index (χ0) is 9.54. The van der Waals surface area contributed by atoms with E-state index >= 15 is 0 Å². The van der Waals surface area contributed by atoms with Crippen molar-refractivity contribution in [2.45, 2.75) is 12.8 Å². The third kappa shape index (κ3) is 1.21. The van der Waals surface area contributed by atoms with Gasteiger partial charge in [0.15, 0.2) is 0 Å². The van der Waals surface area contributed by atoms with E-state index in [9.17, 15) is 0 Å². The van der Waals surface area contributed by atoms with Crippen molar-refractivity contribution in [2.24, 2.45) is 0 Å². The number of nitrogens with one attached hydrogen (secondary N) is 1. The molecule has 0 fully saturated rings. The number of aryl methyl sites for hydroxylation is 1. The first-order valence-corrected chi connectivity index (χ1v) is 5.89. The molecule has 1 heterocycles. The molecule has 0 amide bonds. The van der Waals surface area contributed by atoms with Gasteiger partial charge in [-0.15, -0.1) is 0 Å². The minimum Gasteiger partial charge on any atom is -0.355 e. The number of aromatic amines is 1. The van der Waals surface area contributed by atoms with E-state index in [4.69, 9.17) is 0 Å². The molecule has 1 nitrogen and oxygen atoms in total. The molecule has 2 aromatic rings. The number of hydrogen-bond donors (Lipinski definition) is 1.